The van der Waals surface area contributed by atoms with Crippen molar-refractivity contribution in [2.24, 2.45) is 5.92 Å². The van der Waals surface area contributed by atoms with Gasteiger partial charge in [-0.15, -0.1) is 0 Å². The van der Waals surface area contributed by atoms with Gasteiger partial charge in [0.2, 0.25) is 5.91 Å². The van der Waals surface area contributed by atoms with Crippen molar-refractivity contribution in [1.29, 1.82) is 0 Å². The van der Waals surface area contributed by atoms with Gasteiger partial charge in [0, 0.05) is 77.9 Å². The zero-order valence-electron chi connectivity index (χ0n) is 20.5. The van der Waals surface area contributed by atoms with Gasteiger partial charge in [-0.3, -0.25) is 19.5 Å². The van der Waals surface area contributed by atoms with Crippen molar-refractivity contribution in [2.75, 3.05) is 85.7 Å². The van der Waals surface area contributed by atoms with Crippen LogP contribution in [0.15, 0.2) is 30.3 Å². The van der Waals surface area contributed by atoms with Gasteiger partial charge >= 0.3 is 0 Å². The fourth-order valence-electron chi connectivity index (χ4n) is 5.58. The maximum atomic E-state index is 12.6. The van der Waals surface area contributed by atoms with Crippen LogP contribution in [0.1, 0.15) is 24.8 Å². The molecule has 4 rings (SSSR count). The van der Waals surface area contributed by atoms with E-state index in [1.807, 2.05) is 0 Å². The van der Waals surface area contributed by atoms with Gasteiger partial charge < -0.3 is 15.0 Å². The molecule has 184 valence electrons. The van der Waals surface area contributed by atoms with Crippen molar-refractivity contribution in [2.45, 2.75) is 31.8 Å². The van der Waals surface area contributed by atoms with Crippen molar-refractivity contribution < 1.29 is 9.53 Å². The zero-order valence-corrected chi connectivity index (χ0v) is 20.5. The molecule has 0 saturated carbocycles. The van der Waals surface area contributed by atoms with Gasteiger partial charge in [-0.25, -0.2) is 0 Å². The van der Waals surface area contributed by atoms with E-state index in [0.717, 1.165) is 91.6 Å². The van der Waals surface area contributed by atoms with Crippen LogP contribution in [0, 0.1) is 5.92 Å². The molecule has 1 aromatic rings. The molecule has 0 radical (unpaired) electrons. The van der Waals surface area contributed by atoms with Gasteiger partial charge in [-0.2, -0.15) is 0 Å². The van der Waals surface area contributed by atoms with Crippen LogP contribution in [-0.2, 0) is 16.1 Å². The monoisotopic (exact) mass is 457 g/mol. The Balaban J connectivity index is 1.27. The lowest BCUT2D eigenvalue weighted by molar-refractivity contribution is -0.121. The van der Waals surface area contributed by atoms with Crippen LogP contribution < -0.4 is 5.32 Å². The number of piperazine rings is 1. The predicted molar refractivity (Wildman–Crippen MR) is 132 cm³/mol. The standard InChI is InChI=1S/C26H43N5O2/c1-28-13-15-31(16-14-28)25-9-11-30(21-23-5-3-2-4-6-23)22-24(25)7-8-26(32)27-10-12-29-17-19-33-20-18-29/h2-6,24-25H,7-22H2,1H3,(H,27,32)/t24-,25+/m0/s1. The third kappa shape index (κ3) is 7.76. The van der Waals surface area contributed by atoms with E-state index in [9.17, 15) is 4.79 Å². The number of morpholine rings is 1. The van der Waals surface area contributed by atoms with Gasteiger partial charge in [0.1, 0.15) is 0 Å². The lowest BCUT2D eigenvalue weighted by Crippen LogP contribution is -2.56. The highest BCUT2D eigenvalue weighted by Gasteiger charge is 2.34. The molecule has 1 aromatic carbocycles. The minimum atomic E-state index is 0.209. The molecule has 7 nitrogen and oxygen atoms in total. The molecule has 3 heterocycles. The summed E-state index contributed by atoms with van der Waals surface area (Å²) in [5.41, 5.74) is 1.38. The van der Waals surface area contributed by atoms with E-state index in [2.05, 4.69) is 62.3 Å². The first-order valence-corrected chi connectivity index (χ1v) is 12.9. The second kappa shape index (κ2) is 12.8. The maximum Gasteiger partial charge on any atom is 0.220 e. The predicted octanol–water partition coefficient (Wildman–Crippen LogP) is 1.35. The lowest BCUT2D eigenvalue weighted by Gasteiger charge is -2.46. The molecule has 1 amide bonds. The second-order valence-corrected chi connectivity index (χ2v) is 10.0. The summed E-state index contributed by atoms with van der Waals surface area (Å²) in [5, 5.41) is 3.17. The molecule has 33 heavy (non-hydrogen) atoms. The van der Waals surface area contributed by atoms with Gasteiger partial charge in [-0.05, 0) is 37.9 Å². The number of nitrogens with one attached hydrogen (secondary N) is 1. The van der Waals surface area contributed by atoms with Crippen LogP contribution in [0.25, 0.3) is 0 Å². The van der Waals surface area contributed by atoms with Crippen molar-refractivity contribution in [3.63, 3.8) is 0 Å². The number of nitrogens with zero attached hydrogens (tertiary/aromatic N) is 4. The minimum Gasteiger partial charge on any atom is -0.379 e. The first kappa shape index (κ1) is 24.6. The number of carbonyl (C=O) groups is 1. The number of likely N-dealkylation sites (tertiary alicyclic amines) is 1. The first-order valence-electron chi connectivity index (χ1n) is 12.9. The van der Waals surface area contributed by atoms with E-state index in [1.54, 1.807) is 0 Å². The van der Waals surface area contributed by atoms with E-state index >= 15 is 0 Å². The lowest BCUT2D eigenvalue weighted by atomic mass is 9.86. The fourth-order valence-corrected chi connectivity index (χ4v) is 5.58. The third-order valence-electron chi connectivity index (χ3n) is 7.63. The molecule has 3 saturated heterocycles. The molecule has 0 unspecified atom stereocenters. The summed E-state index contributed by atoms with van der Waals surface area (Å²) in [4.78, 5) is 22.7. The summed E-state index contributed by atoms with van der Waals surface area (Å²) in [7, 11) is 2.22. The van der Waals surface area contributed by atoms with Gasteiger partial charge in [0.25, 0.3) is 0 Å². The first-order chi connectivity index (χ1) is 16.2. The number of likely N-dealkylation sites (N-methyl/N-ethyl adjacent to an activating group) is 1. The summed E-state index contributed by atoms with van der Waals surface area (Å²) >= 11 is 0. The van der Waals surface area contributed by atoms with Gasteiger partial charge in [-0.1, -0.05) is 30.3 Å². The number of amides is 1. The largest absolute Gasteiger partial charge is 0.379 e. The van der Waals surface area contributed by atoms with Gasteiger partial charge in [0.15, 0.2) is 0 Å². The van der Waals surface area contributed by atoms with Crippen LogP contribution in [0.5, 0.6) is 0 Å². The molecular weight excluding hydrogens is 414 g/mol. The van der Waals surface area contributed by atoms with Crippen LogP contribution >= 0.6 is 0 Å². The van der Waals surface area contributed by atoms with Crippen molar-refractivity contribution in [1.82, 2.24) is 24.9 Å². The molecular formula is C26H43N5O2. The molecule has 0 spiro atoms. The SMILES string of the molecule is CN1CCN([C@@H]2CCN(Cc3ccccc3)C[C@@H]2CCC(=O)NCCN2CCOCC2)CC1. The number of ether oxygens (including phenoxy) is 1. The van der Waals surface area contributed by atoms with Crippen LogP contribution in [0.2, 0.25) is 0 Å². The van der Waals surface area contributed by atoms with Crippen LogP contribution in [0.4, 0.5) is 0 Å². The Hall–Kier alpha value is -1.51. The number of hydrogen-bond donors (Lipinski definition) is 1. The second-order valence-electron chi connectivity index (χ2n) is 10.0. The van der Waals surface area contributed by atoms with Gasteiger partial charge in [0.05, 0.1) is 13.2 Å². The molecule has 2 atom stereocenters. The van der Waals surface area contributed by atoms with Crippen LogP contribution in [-0.4, -0.2) is 117 Å². The smallest absolute Gasteiger partial charge is 0.220 e. The zero-order chi connectivity index (χ0) is 22.9. The average Bonchev–Trinajstić information content (AvgIpc) is 2.85. The molecule has 1 N–H and O–H groups in total. The average molecular weight is 458 g/mol. The summed E-state index contributed by atoms with van der Waals surface area (Å²) < 4.78 is 5.41. The highest BCUT2D eigenvalue weighted by molar-refractivity contribution is 5.75. The number of rotatable bonds is 9. The highest BCUT2D eigenvalue weighted by atomic mass is 16.5. The molecule has 0 bridgehead atoms. The summed E-state index contributed by atoms with van der Waals surface area (Å²) in [6.07, 6.45) is 2.82. The Morgan fingerprint density at radius 3 is 2.52 bits per heavy atom. The Kier molecular flexibility index (Phi) is 9.56. The Bertz CT molecular complexity index is 704. The molecule has 3 fully saturated rings. The van der Waals surface area contributed by atoms with E-state index < -0.39 is 0 Å². The normalized spacial score (nSPS) is 26.3. The Morgan fingerprint density at radius 1 is 1.00 bits per heavy atom. The molecule has 0 aliphatic carbocycles. The molecule has 3 aliphatic heterocycles. The van der Waals surface area contributed by atoms with E-state index in [1.165, 1.54) is 12.0 Å². The third-order valence-corrected chi connectivity index (χ3v) is 7.63. The molecule has 7 heteroatoms. The minimum absolute atomic E-state index is 0.209. The quantitative estimate of drug-likeness (QED) is 0.604. The number of piperidine rings is 1. The number of benzene rings is 1. The Labute approximate surface area is 200 Å². The summed E-state index contributed by atoms with van der Waals surface area (Å²) in [6.45, 7) is 13.1. The summed E-state index contributed by atoms with van der Waals surface area (Å²) in [5.74, 6) is 0.761. The highest BCUT2D eigenvalue weighted by Crippen LogP contribution is 2.28. The Morgan fingerprint density at radius 2 is 1.76 bits per heavy atom. The topological polar surface area (TPSA) is 51.3 Å². The van der Waals surface area contributed by atoms with E-state index in [0.29, 0.717) is 18.4 Å². The number of hydrogen-bond acceptors (Lipinski definition) is 6. The van der Waals surface area contributed by atoms with E-state index in [-0.39, 0.29) is 5.91 Å². The molecule has 0 aromatic heterocycles. The summed E-state index contributed by atoms with van der Waals surface area (Å²) in [6, 6.07) is 11.4. The fraction of sp³-hybridized carbons (Fsp3) is 0.731. The molecule has 3 aliphatic rings. The van der Waals surface area contributed by atoms with Crippen molar-refractivity contribution in [3.05, 3.63) is 35.9 Å². The van der Waals surface area contributed by atoms with Crippen molar-refractivity contribution in [3.8, 4) is 0 Å². The maximum absolute atomic E-state index is 12.6. The number of carbonyl (C=O) groups excluding carboxylic acids is 1. The van der Waals surface area contributed by atoms with Crippen molar-refractivity contribution >= 4 is 5.91 Å². The van der Waals surface area contributed by atoms with Crippen LogP contribution in [0.3, 0.4) is 0 Å². The van der Waals surface area contributed by atoms with E-state index in [4.69, 9.17) is 4.74 Å².